The van der Waals surface area contributed by atoms with E-state index in [1.807, 2.05) is 19.1 Å². The van der Waals surface area contributed by atoms with E-state index in [2.05, 4.69) is 27.8 Å². The maximum absolute atomic E-state index is 4.19. The molecule has 9 heavy (non-hydrogen) atoms. The van der Waals surface area contributed by atoms with E-state index in [-0.39, 0.29) is 0 Å². The van der Waals surface area contributed by atoms with Crippen molar-refractivity contribution < 1.29 is 0 Å². The van der Waals surface area contributed by atoms with Gasteiger partial charge in [-0.3, -0.25) is 0 Å². The summed E-state index contributed by atoms with van der Waals surface area (Å²) in [5, 5.41) is 0. The molecule has 2 heteroatoms. The first-order chi connectivity index (χ1) is 4.20. The second kappa shape index (κ2) is 2.48. The first-order valence-corrected chi connectivity index (χ1v) is 3.59. The van der Waals surface area contributed by atoms with Crippen LogP contribution in [0.1, 0.15) is 11.3 Å². The van der Waals surface area contributed by atoms with Crippen LogP contribution in [0.5, 0.6) is 0 Å². The fraction of sp³-hybridized carbons (Fsp3) is 0.286. The van der Waals surface area contributed by atoms with E-state index in [4.69, 9.17) is 0 Å². The van der Waals surface area contributed by atoms with E-state index < -0.39 is 0 Å². The molecule has 0 saturated heterocycles. The Balaban J connectivity index is 3.17. The van der Waals surface area contributed by atoms with Crippen molar-refractivity contribution in [3.8, 4) is 0 Å². The molecule has 1 rings (SSSR count). The molecule has 1 aromatic rings. The molecule has 0 bridgehead atoms. The van der Waals surface area contributed by atoms with Gasteiger partial charge in [0.15, 0.2) is 0 Å². The van der Waals surface area contributed by atoms with Gasteiger partial charge in [0.1, 0.15) is 4.60 Å². The Morgan fingerprint density at radius 3 is 2.44 bits per heavy atom. The first-order valence-electron chi connectivity index (χ1n) is 2.80. The number of aromatic nitrogens is 1. The lowest BCUT2D eigenvalue weighted by Crippen LogP contribution is -1.84. The van der Waals surface area contributed by atoms with Crippen molar-refractivity contribution in [1.29, 1.82) is 0 Å². The molecule has 0 radical (unpaired) electrons. The fourth-order valence-corrected chi connectivity index (χ4v) is 0.998. The number of hydrogen-bond donors (Lipinski definition) is 0. The number of rotatable bonds is 0. The second-order valence-electron chi connectivity index (χ2n) is 2.04. The summed E-state index contributed by atoms with van der Waals surface area (Å²) in [5.41, 5.74) is 2.32. The van der Waals surface area contributed by atoms with Crippen molar-refractivity contribution in [2.24, 2.45) is 0 Å². The van der Waals surface area contributed by atoms with E-state index in [9.17, 15) is 0 Å². The third-order valence-corrected chi connectivity index (χ3v) is 1.76. The summed E-state index contributed by atoms with van der Waals surface area (Å²) in [6.45, 7) is 4.05. The van der Waals surface area contributed by atoms with Crippen LogP contribution in [0.3, 0.4) is 0 Å². The van der Waals surface area contributed by atoms with Crippen LogP contribution >= 0.6 is 15.9 Å². The van der Waals surface area contributed by atoms with Crippen LogP contribution in [-0.2, 0) is 0 Å². The summed E-state index contributed by atoms with van der Waals surface area (Å²) in [5.74, 6) is 0. The molecule has 0 aliphatic carbocycles. The summed E-state index contributed by atoms with van der Waals surface area (Å²) >= 11 is 3.29. The first kappa shape index (κ1) is 6.75. The van der Waals surface area contributed by atoms with Crippen molar-refractivity contribution in [3.05, 3.63) is 28.0 Å². The van der Waals surface area contributed by atoms with Gasteiger partial charge in [0.2, 0.25) is 0 Å². The fourth-order valence-electron chi connectivity index (χ4n) is 0.600. The Kier molecular flexibility index (Phi) is 1.86. The minimum atomic E-state index is 0.908. The van der Waals surface area contributed by atoms with Crippen molar-refractivity contribution in [2.45, 2.75) is 13.8 Å². The van der Waals surface area contributed by atoms with Gasteiger partial charge in [0, 0.05) is 5.69 Å². The van der Waals surface area contributed by atoms with Gasteiger partial charge in [-0.25, -0.2) is 4.98 Å². The zero-order valence-corrected chi connectivity index (χ0v) is 7.07. The van der Waals surface area contributed by atoms with Gasteiger partial charge < -0.3 is 0 Å². The SMILES string of the molecule is Cc1ccc(Br)nc1C. The van der Waals surface area contributed by atoms with Crippen molar-refractivity contribution in [3.63, 3.8) is 0 Å². The third kappa shape index (κ3) is 1.52. The zero-order chi connectivity index (χ0) is 6.85. The smallest absolute Gasteiger partial charge is 0.106 e. The maximum Gasteiger partial charge on any atom is 0.106 e. The molecule has 1 nitrogen and oxygen atoms in total. The molecular formula is C7H8BrN. The molecule has 0 aromatic carbocycles. The Morgan fingerprint density at radius 2 is 2.00 bits per heavy atom. The van der Waals surface area contributed by atoms with Crippen LogP contribution in [-0.4, -0.2) is 4.98 Å². The molecule has 0 atom stereocenters. The van der Waals surface area contributed by atoms with Crippen LogP contribution in [0, 0.1) is 13.8 Å². The molecule has 0 aliphatic rings. The molecule has 0 fully saturated rings. The molecule has 0 spiro atoms. The van der Waals surface area contributed by atoms with Crippen LogP contribution in [0.2, 0.25) is 0 Å². The van der Waals surface area contributed by atoms with Gasteiger partial charge in [0.05, 0.1) is 0 Å². The highest BCUT2D eigenvalue weighted by Crippen LogP contribution is 2.09. The number of aryl methyl sites for hydroxylation is 2. The molecule has 0 amide bonds. The Morgan fingerprint density at radius 1 is 1.33 bits per heavy atom. The lowest BCUT2D eigenvalue weighted by atomic mass is 10.2. The molecule has 0 unspecified atom stereocenters. The summed E-state index contributed by atoms with van der Waals surface area (Å²) < 4.78 is 0.908. The normalized spacial score (nSPS) is 9.67. The number of hydrogen-bond acceptors (Lipinski definition) is 1. The molecule has 0 N–H and O–H groups in total. The van der Waals surface area contributed by atoms with Gasteiger partial charge in [-0.1, -0.05) is 6.07 Å². The van der Waals surface area contributed by atoms with Crippen LogP contribution in [0.25, 0.3) is 0 Å². The zero-order valence-electron chi connectivity index (χ0n) is 5.48. The number of nitrogens with zero attached hydrogens (tertiary/aromatic N) is 1. The minimum Gasteiger partial charge on any atom is -0.246 e. The van der Waals surface area contributed by atoms with E-state index in [0.29, 0.717) is 0 Å². The number of pyridine rings is 1. The molecule has 0 aliphatic heterocycles. The van der Waals surface area contributed by atoms with Gasteiger partial charge in [-0.05, 0) is 41.4 Å². The van der Waals surface area contributed by atoms with Crippen LogP contribution in [0.15, 0.2) is 16.7 Å². The minimum absolute atomic E-state index is 0.908. The van der Waals surface area contributed by atoms with E-state index >= 15 is 0 Å². The highest BCUT2D eigenvalue weighted by atomic mass is 79.9. The lowest BCUT2D eigenvalue weighted by molar-refractivity contribution is 1.12. The van der Waals surface area contributed by atoms with Gasteiger partial charge >= 0.3 is 0 Å². The monoisotopic (exact) mass is 185 g/mol. The molecule has 1 heterocycles. The standard InChI is InChI=1S/C7H8BrN/c1-5-3-4-7(8)9-6(5)2/h3-4H,1-2H3. The highest BCUT2D eigenvalue weighted by Gasteiger charge is 1.91. The summed E-state index contributed by atoms with van der Waals surface area (Å²) in [4.78, 5) is 4.19. The molecular weight excluding hydrogens is 178 g/mol. The average Bonchev–Trinajstić information content (AvgIpc) is 1.80. The predicted octanol–water partition coefficient (Wildman–Crippen LogP) is 2.46. The summed E-state index contributed by atoms with van der Waals surface area (Å²) in [7, 11) is 0. The van der Waals surface area contributed by atoms with E-state index in [0.717, 1.165) is 10.3 Å². The Bertz CT molecular complexity index is 220. The predicted molar refractivity (Wildman–Crippen MR) is 41.4 cm³/mol. The third-order valence-electron chi connectivity index (χ3n) is 1.32. The van der Waals surface area contributed by atoms with Gasteiger partial charge in [-0.15, -0.1) is 0 Å². The average molecular weight is 186 g/mol. The van der Waals surface area contributed by atoms with Crippen molar-refractivity contribution in [1.82, 2.24) is 4.98 Å². The number of halogens is 1. The second-order valence-corrected chi connectivity index (χ2v) is 2.85. The van der Waals surface area contributed by atoms with Crippen molar-refractivity contribution >= 4 is 15.9 Å². The molecule has 48 valence electrons. The van der Waals surface area contributed by atoms with Crippen LogP contribution in [0.4, 0.5) is 0 Å². The van der Waals surface area contributed by atoms with Gasteiger partial charge in [0.25, 0.3) is 0 Å². The Hall–Kier alpha value is -0.370. The molecule has 0 saturated carbocycles. The quantitative estimate of drug-likeness (QED) is 0.567. The van der Waals surface area contributed by atoms with E-state index in [1.54, 1.807) is 0 Å². The topological polar surface area (TPSA) is 12.9 Å². The van der Waals surface area contributed by atoms with E-state index in [1.165, 1.54) is 5.56 Å². The molecule has 1 aromatic heterocycles. The lowest BCUT2D eigenvalue weighted by Gasteiger charge is -1.96. The maximum atomic E-state index is 4.19. The largest absolute Gasteiger partial charge is 0.246 e. The Labute approximate surface area is 63.2 Å². The van der Waals surface area contributed by atoms with Crippen molar-refractivity contribution in [2.75, 3.05) is 0 Å². The van der Waals surface area contributed by atoms with Crippen LogP contribution < -0.4 is 0 Å². The summed E-state index contributed by atoms with van der Waals surface area (Å²) in [6, 6.07) is 3.99. The van der Waals surface area contributed by atoms with Gasteiger partial charge in [-0.2, -0.15) is 0 Å². The summed E-state index contributed by atoms with van der Waals surface area (Å²) in [6.07, 6.45) is 0. The highest BCUT2D eigenvalue weighted by molar-refractivity contribution is 9.10.